The van der Waals surface area contributed by atoms with Gasteiger partial charge in [-0.3, -0.25) is 10.7 Å². The van der Waals surface area contributed by atoms with Crippen LogP contribution in [0.5, 0.6) is 0 Å². The average Bonchev–Trinajstić information content (AvgIpc) is 1.99. The molecule has 0 aromatic heterocycles. The monoisotopic (exact) mass is 136 g/mol. The SMILES string of the molecule is CCNC(C#N)C(=N)C#N. The van der Waals surface area contributed by atoms with E-state index in [1.54, 1.807) is 12.1 Å². The zero-order valence-electron chi connectivity index (χ0n) is 5.68. The molecule has 10 heavy (non-hydrogen) atoms. The molecule has 1 unspecified atom stereocenters. The van der Waals surface area contributed by atoms with Gasteiger partial charge in [-0.1, -0.05) is 6.92 Å². The molecule has 1 atom stereocenters. The minimum atomic E-state index is -0.741. The maximum atomic E-state index is 8.35. The second-order valence-electron chi connectivity index (χ2n) is 1.65. The number of hydrogen-bond acceptors (Lipinski definition) is 4. The molecule has 0 aliphatic heterocycles. The van der Waals surface area contributed by atoms with E-state index in [9.17, 15) is 0 Å². The molecule has 0 amide bonds. The Bertz CT molecular complexity index is 195. The van der Waals surface area contributed by atoms with Gasteiger partial charge >= 0.3 is 0 Å². The van der Waals surface area contributed by atoms with Gasteiger partial charge < -0.3 is 0 Å². The van der Waals surface area contributed by atoms with Crippen molar-refractivity contribution in [3.05, 3.63) is 0 Å². The largest absolute Gasteiger partial charge is 0.297 e. The van der Waals surface area contributed by atoms with Gasteiger partial charge in [0.1, 0.15) is 17.8 Å². The first-order chi connectivity index (χ1) is 4.76. The Morgan fingerprint density at radius 2 is 2.30 bits per heavy atom. The van der Waals surface area contributed by atoms with E-state index in [0.717, 1.165) is 0 Å². The Kier molecular flexibility index (Phi) is 3.86. The summed E-state index contributed by atoms with van der Waals surface area (Å²) in [6.45, 7) is 2.40. The number of nitriles is 2. The summed E-state index contributed by atoms with van der Waals surface area (Å²) in [7, 11) is 0. The molecule has 0 saturated heterocycles. The van der Waals surface area contributed by atoms with Gasteiger partial charge in [0, 0.05) is 0 Å². The molecule has 0 saturated carbocycles. The van der Waals surface area contributed by atoms with Crippen LogP contribution in [0.25, 0.3) is 0 Å². The summed E-state index contributed by atoms with van der Waals surface area (Å²) in [5.41, 5.74) is -0.232. The Labute approximate surface area is 59.6 Å². The van der Waals surface area contributed by atoms with Gasteiger partial charge in [0.05, 0.1) is 6.07 Å². The van der Waals surface area contributed by atoms with Crippen molar-refractivity contribution in [1.29, 1.82) is 15.9 Å². The van der Waals surface area contributed by atoms with Gasteiger partial charge in [-0.25, -0.2) is 0 Å². The predicted octanol–water partition coefficient (Wildman–Crippen LogP) is 0.0314. The second-order valence-corrected chi connectivity index (χ2v) is 1.65. The Hall–Kier alpha value is -1.39. The van der Waals surface area contributed by atoms with Crippen molar-refractivity contribution in [3.8, 4) is 12.1 Å². The minimum Gasteiger partial charge on any atom is -0.297 e. The van der Waals surface area contributed by atoms with E-state index >= 15 is 0 Å². The highest BCUT2D eigenvalue weighted by molar-refractivity contribution is 6.01. The summed E-state index contributed by atoms with van der Waals surface area (Å²) in [6.07, 6.45) is 0. The molecule has 4 nitrogen and oxygen atoms in total. The molecule has 0 radical (unpaired) electrons. The summed E-state index contributed by atoms with van der Waals surface area (Å²) in [6, 6.07) is 2.65. The van der Waals surface area contributed by atoms with E-state index in [-0.39, 0.29) is 5.71 Å². The number of rotatable bonds is 3. The van der Waals surface area contributed by atoms with Crippen molar-refractivity contribution in [1.82, 2.24) is 5.32 Å². The van der Waals surface area contributed by atoms with Gasteiger partial charge in [-0.05, 0) is 6.54 Å². The fourth-order valence-corrected chi connectivity index (χ4v) is 0.481. The van der Waals surface area contributed by atoms with Crippen LogP contribution < -0.4 is 5.32 Å². The van der Waals surface area contributed by atoms with Gasteiger partial charge in [-0.2, -0.15) is 10.5 Å². The molecule has 0 spiro atoms. The molecular weight excluding hydrogens is 128 g/mol. The first kappa shape index (κ1) is 8.61. The Balaban J connectivity index is 4.00. The summed E-state index contributed by atoms with van der Waals surface area (Å²) < 4.78 is 0. The van der Waals surface area contributed by atoms with Crippen LogP contribution in [-0.2, 0) is 0 Å². The molecule has 0 heterocycles. The molecular formula is C6H8N4. The number of hydrogen-bond donors (Lipinski definition) is 2. The highest BCUT2D eigenvalue weighted by Crippen LogP contribution is 1.81. The molecule has 0 aromatic carbocycles. The molecule has 4 heteroatoms. The summed E-state index contributed by atoms with van der Waals surface area (Å²) >= 11 is 0. The molecule has 52 valence electrons. The lowest BCUT2D eigenvalue weighted by atomic mass is 10.2. The maximum Gasteiger partial charge on any atom is 0.148 e. The average molecular weight is 136 g/mol. The topological polar surface area (TPSA) is 83.5 Å². The third-order valence-corrected chi connectivity index (χ3v) is 0.946. The molecule has 0 aliphatic rings. The third kappa shape index (κ3) is 2.25. The maximum absolute atomic E-state index is 8.35. The van der Waals surface area contributed by atoms with Crippen molar-refractivity contribution in [3.63, 3.8) is 0 Å². The van der Waals surface area contributed by atoms with E-state index in [4.69, 9.17) is 15.9 Å². The summed E-state index contributed by atoms with van der Waals surface area (Å²) in [5, 5.41) is 26.2. The highest BCUT2D eigenvalue weighted by Gasteiger charge is 2.09. The first-order valence-electron chi connectivity index (χ1n) is 2.87. The van der Waals surface area contributed by atoms with E-state index in [1.807, 2.05) is 6.92 Å². The molecule has 0 rings (SSSR count). The van der Waals surface area contributed by atoms with Crippen LogP contribution in [0, 0.1) is 28.1 Å². The molecule has 0 bridgehead atoms. The fourth-order valence-electron chi connectivity index (χ4n) is 0.481. The lowest BCUT2D eigenvalue weighted by molar-refractivity contribution is 0.739. The smallest absolute Gasteiger partial charge is 0.148 e. The van der Waals surface area contributed by atoms with Crippen molar-refractivity contribution in [2.45, 2.75) is 13.0 Å². The Morgan fingerprint density at radius 3 is 2.60 bits per heavy atom. The molecule has 0 aliphatic carbocycles. The minimum absolute atomic E-state index is 0.232. The first-order valence-corrected chi connectivity index (χ1v) is 2.87. The van der Waals surface area contributed by atoms with Crippen molar-refractivity contribution in [2.75, 3.05) is 6.54 Å². The van der Waals surface area contributed by atoms with Crippen LogP contribution in [0.1, 0.15) is 6.92 Å². The number of nitrogens with zero attached hydrogens (tertiary/aromatic N) is 2. The van der Waals surface area contributed by atoms with E-state index < -0.39 is 6.04 Å². The van der Waals surface area contributed by atoms with Gasteiger partial charge in [0.15, 0.2) is 0 Å². The standard InChI is InChI=1S/C6H8N4/c1-2-10-6(4-8)5(9)3-7/h6,9-10H,2H2,1H3. The van der Waals surface area contributed by atoms with Gasteiger partial charge in [0.25, 0.3) is 0 Å². The van der Waals surface area contributed by atoms with Crippen LogP contribution in [0.2, 0.25) is 0 Å². The normalized spacial score (nSPS) is 11.1. The predicted molar refractivity (Wildman–Crippen MR) is 36.4 cm³/mol. The van der Waals surface area contributed by atoms with Gasteiger partial charge in [0.2, 0.25) is 0 Å². The second kappa shape index (κ2) is 4.49. The van der Waals surface area contributed by atoms with Crippen molar-refractivity contribution >= 4 is 5.71 Å². The molecule has 0 fully saturated rings. The van der Waals surface area contributed by atoms with E-state index in [1.165, 1.54) is 0 Å². The van der Waals surface area contributed by atoms with Crippen LogP contribution in [-0.4, -0.2) is 18.3 Å². The van der Waals surface area contributed by atoms with Crippen LogP contribution in [0.3, 0.4) is 0 Å². The van der Waals surface area contributed by atoms with Crippen molar-refractivity contribution < 1.29 is 0 Å². The summed E-state index contributed by atoms with van der Waals surface area (Å²) in [5.74, 6) is 0. The zero-order chi connectivity index (χ0) is 7.98. The molecule has 0 aromatic rings. The van der Waals surface area contributed by atoms with Gasteiger partial charge in [-0.15, -0.1) is 0 Å². The van der Waals surface area contributed by atoms with Crippen LogP contribution in [0.4, 0.5) is 0 Å². The molecule has 2 N–H and O–H groups in total. The lowest BCUT2D eigenvalue weighted by Gasteiger charge is -2.03. The van der Waals surface area contributed by atoms with Crippen LogP contribution >= 0.6 is 0 Å². The highest BCUT2D eigenvalue weighted by atomic mass is 14.9. The Morgan fingerprint density at radius 1 is 1.70 bits per heavy atom. The third-order valence-electron chi connectivity index (χ3n) is 0.946. The fraction of sp³-hybridized carbons (Fsp3) is 0.500. The van der Waals surface area contributed by atoms with Crippen molar-refractivity contribution in [2.24, 2.45) is 0 Å². The van der Waals surface area contributed by atoms with E-state index in [0.29, 0.717) is 6.54 Å². The zero-order valence-corrected chi connectivity index (χ0v) is 5.68. The lowest BCUT2D eigenvalue weighted by Crippen LogP contribution is -2.33. The number of nitrogens with one attached hydrogen (secondary N) is 2. The van der Waals surface area contributed by atoms with Crippen LogP contribution in [0.15, 0.2) is 0 Å². The van der Waals surface area contributed by atoms with E-state index in [2.05, 4.69) is 5.32 Å². The summed E-state index contributed by atoms with van der Waals surface area (Å²) in [4.78, 5) is 0. The quantitative estimate of drug-likeness (QED) is 0.537.